The second kappa shape index (κ2) is 8.88. The Morgan fingerprint density at radius 2 is 1.72 bits per heavy atom. The van der Waals surface area contributed by atoms with Gasteiger partial charge < -0.3 is 25.1 Å². The van der Waals surface area contributed by atoms with Gasteiger partial charge in [0, 0.05) is 5.39 Å². The maximum atomic E-state index is 12.8. The lowest BCUT2D eigenvalue weighted by atomic mass is 10.1. The van der Waals surface area contributed by atoms with Crippen LogP contribution in [0.25, 0.3) is 10.9 Å². The van der Waals surface area contributed by atoms with E-state index in [0.29, 0.717) is 5.56 Å². The number of rotatable bonds is 7. The van der Waals surface area contributed by atoms with Gasteiger partial charge in [-0.15, -0.1) is 17.9 Å². The van der Waals surface area contributed by atoms with Gasteiger partial charge in [-0.3, -0.25) is 14.4 Å². The number of aromatic hydroxyl groups is 1. The predicted octanol–water partition coefficient (Wildman–Crippen LogP) is 2.05. The number of carboxylic acid groups (broad SMARTS) is 1. The van der Waals surface area contributed by atoms with Gasteiger partial charge in [-0.1, -0.05) is 24.3 Å². The molecule has 0 atom stereocenters. The molecule has 0 fully saturated rings. The standard InChI is InChI=1S/C20H15F3N2O7/c21-20(22,23)32-12-7-5-11(6-8-12)10-31-25-14-4-2-1-3-13(14)17(28)16(19(25)30)18(29)24-9-15(26)27/h1-8,28H,9-10H2,(H,24,29)(H,26,27). The molecule has 0 radical (unpaired) electrons. The highest BCUT2D eigenvalue weighted by Gasteiger charge is 2.31. The molecule has 1 amide bonds. The largest absolute Gasteiger partial charge is 0.573 e. The van der Waals surface area contributed by atoms with Crippen LogP contribution in [0.4, 0.5) is 13.2 Å². The molecule has 2 aromatic carbocycles. The van der Waals surface area contributed by atoms with Crippen molar-refractivity contribution >= 4 is 22.8 Å². The number of hydrogen-bond donors (Lipinski definition) is 3. The molecule has 0 aliphatic heterocycles. The van der Waals surface area contributed by atoms with Gasteiger partial charge in [0.05, 0.1) is 5.52 Å². The van der Waals surface area contributed by atoms with Gasteiger partial charge in [0.15, 0.2) is 5.56 Å². The molecular formula is C20H15F3N2O7. The third kappa shape index (κ3) is 5.09. The number of aromatic nitrogens is 1. The lowest BCUT2D eigenvalue weighted by molar-refractivity contribution is -0.274. The van der Waals surface area contributed by atoms with Crippen molar-refractivity contribution in [1.82, 2.24) is 10.0 Å². The van der Waals surface area contributed by atoms with E-state index in [9.17, 15) is 32.7 Å². The summed E-state index contributed by atoms with van der Waals surface area (Å²) in [6, 6.07) is 10.6. The van der Waals surface area contributed by atoms with Crippen molar-refractivity contribution in [3.63, 3.8) is 0 Å². The summed E-state index contributed by atoms with van der Waals surface area (Å²) in [6.45, 7) is -1.06. The Balaban J connectivity index is 1.93. The number of fused-ring (bicyclic) bond motifs is 1. The number of amides is 1. The highest BCUT2D eigenvalue weighted by molar-refractivity contribution is 6.02. The Labute approximate surface area is 177 Å². The first-order chi connectivity index (χ1) is 15.1. The van der Waals surface area contributed by atoms with Crippen molar-refractivity contribution < 1.29 is 42.5 Å². The maximum absolute atomic E-state index is 12.8. The Morgan fingerprint density at radius 3 is 2.34 bits per heavy atom. The maximum Gasteiger partial charge on any atom is 0.573 e. The van der Waals surface area contributed by atoms with E-state index in [1.165, 1.54) is 30.3 Å². The van der Waals surface area contributed by atoms with E-state index in [4.69, 9.17) is 9.94 Å². The first-order valence-electron chi connectivity index (χ1n) is 8.91. The average molecular weight is 452 g/mol. The SMILES string of the molecule is O=C(O)CNC(=O)c1c(O)c2ccccc2n(OCc2ccc(OC(F)(F)F)cc2)c1=O. The normalized spacial score (nSPS) is 11.2. The summed E-state index contributed by atoms with van der Waals surface area (Å²) in [6.07, 6.45) is -4.84. The number of benzene rings is 2. The number of nitrogens with one attached hydrogen (secondary N) is 1. The lowest BCUT2D eigenvalue weighted by Gasteiger charge is -2.15. The topological polar surface area (TPSA) is 127 Å². The molecule has 0 saturated heterocycles. The molecule has 0 saturated carbocycles. The zero-order valence-electron chi connectivity index (χ0n) is 16.0. The van der Waals surface area contributed by atoms with Crippen LogP contribution < -0.4 is 20.5 Å². The van der Waals surface area contributed by atoms with Gasteiger partial charge in [-0.25, -0.2) is 0 Å². The minimum absolute atomic E-state index is 0.0847. The van der Waals surface area contributed by atoms with Crippen molar-refractivity contribution in [1.29, 1.82) is 0 Å². The van der Waals surface area contributed by atoms with Crippen LogP contribution in [0.3, 0.4) is 0 Å². The molecule has 3 N–H and O–H groups in total. The number of hydrogen-bond acceptors (Lipinski definition) is 6. The number of carbonyl (C=O) groups excluding carboxylic acids is 1. The number of alkyl halides is 3. The molecule has 1 heterocycles. The molecular weight excluding hydrogens is 437 g/mol. The van der Waals surface area contributed by atoms with Gasteiger partial charge in [0.2, 0.25) is 0 Å². The molecule has 1 aromatic heterocycles. The third-order valence-electron chi connectivity index (χ3n) is 4.16. The highest BCUT2D eigenvalue weighted by Crippen LogP contribution is 2.26. The fraction of sp³-hybridized carbons (Fsp3) is 0.150. The number of ether oxygens (including phenoxy) is 1. The smallest absolute Gasteiger partial charge is 0.506 e. The fourth-order valence-electron chi connectivity index (χ4n) is 2.80. The molecule has 12 heteroatoms. The zero-order valence-corrected chi connectivity index (χ0v) is 16.0. The highest BCUT2D eigenvalue weighted by atomic mass is 19.4. The second-order valence-corrected chi connectivity index (χ2v) is 6.38. The van der Waals surface area contributed by atoms with Crippen molar-refractivity contribution in [3.05, 3.63) is 70.0 Å². The number of halogens is 3. The Hall–Kier alpha value is -4.22. The number of aliphatic carboxylic acids is 1. The van der Waals surface area contributed by atoms with E-state index in [1.54, 1.807) is 6.07 Å². The third-order valence-corrected chi connectivity index (χ3v) is 4.16. The molecule has 3 rings (SSSR count). The van der Waals surface area contributed by atoms with Crippen molar-refractivity contribution in [2.24, 2.45) is 0 Å². The molecule has 0 spiro atoms. The quantitative estimate of drug-likeness (QED) is 0.501. The van der Waals surface area contributed by atoms with Gasteiger partial charge in [0.25, 0.3) is 11.5 Å². The molecule has 9 nitrogen and oxygen atoms in total. The summed E-state index contributed by atoms with van der Waals surface area (Å²) in [5.41, 5.74) is -1.29. The number of pyridine rings is 1. The predicted molar refractivity (Wildman–Crippen MR) is 103 cm³/mol. The van der Waals surface area contributed by atoms with Crippen LogP contribution in [-0.2, 0) is 11.4 Å². The average Bonchev–Trinajstić information content (AvgIpc) is 2.72. The summed E-state index contributed by atoms with van der Waals surface area (Å²) in [5, 5.41) is 21.2. The first-order valence-corrected chi connectivity index (χ1v) is 8.91. The molecule has 0 bridgehead atoms. The first kappa shape index (κ1) is 22.5. The summed E-state index contributed by atoms with van der Waals surface area (Å²) in [5.74, 6) is -3.56. The Morgan fingerprint density at radius 1 is 1.06 bits per heavy atom. The second-order valence-electron chi connectivity index (χ2n) is 6.38. The van der Waals surface area contributed by atoms with Crippen LogP contribution >= 0.6 is 0 Å². The molecule has 32 heavy (non-hydrogen) atoms. The minimum Gasteiger partial charge on any atom is -0.506 e. The van der Waals surface area contributed by atoms with E-state index >= 15 is 0 Å². The Kier molecular flexibility index (Phi) is 6.23. The molecule has 0 aliphatic rings. The van der Waals surface area contributed by atoms with E-state index in [-0.39, 0.29) is 17.5 Å². The van der Waals surface area contributed by atoms with Crippen molar-refractivity contribution in [3.8, 4) is 11.5 Å². The fourth-order valence-corrected chi connectivity index (χ4v) is 2.80. The van der Waals surface area contributed by atoms with Crippen LogP contribution in [0.1, 0.15) is 15.9 Å². The van der Waals surface area contributed by atoms with Crippen LogP contribution in [0.15, 0.2) is 53.3 Å². The molecule has 3 aromatic rings. The molecule has 0 unspecified atom stereocenters. The summed E-state index contributed by atoms with van der Waals surface area (Å²) in [7, 11) is 0. The zero-order chi connectivity index (χ0) is 23.5. The van der Waals surface area contributed by atoms with Gasteiger partial charge in [0.1, 0.15) is 24.7 Å². The summed E-state index contributed by atoms with van der Waals surface area (Å²) in [4.78, 5) is 41.3. The van der Waals surface area contributed by atoms with Gasteiger partial charge in [-0.05, 0) is 29.8 Å². The van der Waals surface area contributed by atoms with Crippen LogP contribution in [0, 0.1) is 0 Å². The van der Waals surface area contributed by atoms with E-state index in [2.05, 4.69) is 4.74 Å². The van der Waals surface area contributed by atoms with Crippen LogP contribution in [0.2, 0.25) is 0 Å². The van der Waals surface area contributed by atoms with Gasteiger partial charge >= 0.3 is 12.3 Å². The van der Waals surface area contributed by atoms with Crippen molar-refractivity contribution in [2.75, 3.05) is 6.54 Å². The Bertz CT molecular complexity index is 1220. The van der Waals surface area contributed by atoms with Crippen LogP contribution in [0.5, 0.6) is 11.5 Å². The number of carbonyl (C=O) groups is 2. The van der Waals surface area contributed by atoms with E-state index in [0.717, 1.165) is 16.9 Å². The number of nitrogens with zero attached hydrogens (tertiary/aromatic N) is 1. The molecule has 168 valence electrons. The summed E-state index contributed by atoms with van der Waals surface area (Å²) < 4.78 is 41.3. The summed E-state index contributed by atoms with van der Waals surface area (Å²) >= 11 is 0. The number of carboxylic acids is 1. The molecule has 0 aliphatic carbocycles. The van der Waals surface area contributed by atoms with Crippen LogP contribution in [-0.4, -0.2) is 39.7 Å². The lowest BCUT2D eigenvalue weighted by Crippen LogP contribution is -2.37. The van der Waals surface area contributed by atoms with E-state index in [1.807, 2.05) is 5.32 Å². The van der Waals surface area contributed by atoms with Crippen molar-refractivity contribution in [2.45, 2.75) is 13.0 Å². The minimum atomic E-state index is -4.84. The van der Waals surface area contributed by atoms with E-state index < -0.39 is 47.4 Å². The monoisotopic (exact) mass is 452 g/mol. The van der Waals surface area contributed by atoms with Gasteiger partial charge in [-0.2, -0.15) is 0 Å². The number of para-hydroxylation sites is 1.